The Kier molecular flexibility index (Phi) is 4.00. The van der Waals surface area contributed by atoms with Gasteiger partial charge in [0.25, 0.3) is 0 Å². The maximum Gasteiger partial charge on any atom is 0.387 e. The van der Waals surface area contributed by atoms with E-state index >= 15 is 0 Å². The highest BCUT2D eigenvalue weighted by atomic mass is 79.9. The molecule has 0 atom stereocenters. The van der Waals surface area contributed by atoms with Crippen molar-refractivity contribution in [2.75, 3.05) is 0 Å². The van der Waals surface area contributed by atoms with E-state index in [0.717, 1.165) is 0 Å². The first-order valence-electron chi connectivity index (χ1n) is 3.43. The van der Waals surface area contributed by atoms with Crippen molar-refractivity contribution >= 4 is 38.1 Å². The SMILES string of the molecule is O=Cc1cc(Br)c(Br)c(OC(F)F)c1. The number of aldehydes is 1. The third-order valence-electron chi connectivity index (χ3n) is 1.37. The van der Waals surface area contributed by atoms with Crippen molar-refractivity contribution in [2.45, 2.75) is 6.61 Å². The van der Waals surface area contributed by atoms with Crippen LogP contribution in [-0.4, -0.2) is 12.9 Å². The highest BCUT2D eigenvalue weighted by Gasteiger charge is 2.12. The second-order valence-electron chi connectivity index (χ2n) is 2.31. The topological polar surface area (TPSA) is 26.3 Å². The number of halogens is 4. The summed E-state index contributed by atoms with van der Waals surface area (Å²) in [6.45, 7) is -2.92. The van der Waals surface area contributed by atoms with Crippen LogP contribution in [0.2, 0.25) is 0 Å². The van der Waals surface area contributed by atoms with Crippen molar-refractivity contribution in [3.05, 3.63) is 26.6 Å². The molecule has 0 unspecified atom stereocenters. The van der Waals surface area contributed by atoms with Gasteiger partial charge in [-0.05, 0) is 44.0 Å². The summed E-state index contributed by atoms with van der Waals surface area (Å²) in [5.41, 5.74) is 0.260. The van der Waals surface area contributed by atoms with Crippen molar-refractivity contribution in [1.82, 2.24) is 0 Å². The molecule has 76 valence electrons. The molecule has 0 amide bonds. The second kappa shape index (κ2) is 4.84. The molecule has 14 heavy (non-hydrogen) atoms. The third-order valence-corrected chi connectivity index (χ3v) is 3.34. The van der Waals surface area contributed by atoms with Crippen molar-refractivity contribution in [1.29, 1.82) is 0 Å². The molecule has 0 aromatic heterocycles. The number of ether oxygens (including phenoxy) is 1. The first kappa shape index (κ1) is 11.6. The van der Waals surface area contributed by atoms with Gasteiger partial charge in [0.2, 0.25) is 0 Å². The molecule has 0 aliphatic rings. The fourth-order valence-corrected chi connectivity index (χ4v) is 1.62. The van der Waals surface area contributed by atoms with E-state index in [-0.39, 0.29) is 11.3 Å². The molecule has 1 aromatic rings. The van der Waals surface area contributed by atoms with E-state index in [9.17, 15) is 13.6 Å². The molecule has 0 heterocycles. The molecule has 0 saturated carbocycles. The summed E-state index contributed by atoms with van der Waals surface area (Å²) < 4.78 is 28.9. The van der Waals surface area contributed by atoms with E-state index in [1.807, 2.05) is 0 Å². The minimum absolute atomic E-state index is 0.0727. The average Bonchev–Trinajstić information content (AvgIpc) is 2.11. The van der Waals surface area contributed by atoms with Gasteiger partial charge in [-0.15, -0.1) is 0 Å². The summed E-state index contributed by atoms with van der Waals surface area (Å²) in [6.07, 6.45) is 0.551. The number of carbonyl (C=O) groups is 1. The van der Waals surface area contributed by atoms with E-state index in [1.165, 1.54) is 12.1 Å². The van der Waals surface area contributed by atoms with Crippen molar-refractivity contribution in [2.24, 2.45) is 0 Å². The second-order valence-corrected chi connectivity index (χ2v) is 3.96. The van der Waals surface area contributed by atoms with Gasteiger partial charge in [-0.25, -0.2) is 0 Å². The monoisotopic (exact) mass is 328 g/mol. The third kappa shape index (κ3) is 2.75. The fraction of sp³-hybridized carbons (Fsp3) is 0.125. The molecule has 0 fully saturated rings. The van der Waals surface area contributed by atoms with Crippen LogP contribution in [-0.2, 0) is 0 Å². The summed E-state index contributed by atoms with van der Waals surface area (Å²) in [5.74, 6) is -0.0727. The van der Waals surface area contributed by atoms with Crippen LogP contribution in [0.3, 0.4) is 0 Å². The molecule has 0 aliphatic heterocycles. The molecule has 1 rings (SSSR count). The van der Waals surface area contributed by atoms with Crippen molar-refractivity contribution < 1.29 is 18.3 Å². The minimum Gasteiger partial charge on any atom is -0.434 e. The molecule has 0 radical (unpaired) electrons. The Labute approximate surface area is 95.5 Å². The number of hydrogen-bond acceptors (Lipinski definition) is 2. The molecule has 0 bridgehead atoms. The Bertz CT molecular complexity index is 355. The van der Waals surface area contributed by atoms with Crippen LogP contribution < -0.4 is 4.74 Å². The smallest absolute Gasteiger partial charge is 0.387 e. The first-order valence-corrected chi connectivity index (χ1v) is 5.02. The van der Waals surface area contributed by atoms with Gasteiger partial charge in [0.05, 0.1) is 4.47 Å². The predicted molar refractivity (Wildman–Crippen MR) is 53.9 cm³/mol. The van der Waals surface area contributed by atoms with Gasteiger partial charge in [-0.3, -0.25) is 4.79 Å². The average molecular weight is 330 g/mol. The molecule has 6 heteroatoms. The minimum atomic E-state index is -2.92. The van der Waals surface area contributed by atoms with E-state index in [4.69, 9.17) is 0 Å². The van der Waals surface area contributed by atoms with Gasteiger partial charge in [-0.2, -0.15) is 8.78 Å². The number of rotatable bonds is 3. The Morgan fingerprint density at radius 3 is 2.50 bits per heavy atom. The van der Waals surface area contributed by atoms with Crippen LogP contribution in [0.25, 0.3) is 0 Å². The van der Waals surface area contributed by atoms with Crippen LogP contribution in [0.1, 0.15) is 10.4 Å². The van der Waals surface area contributed by atoms with Gasteiger partial charge in [-0.1, -0.05) is 0 Å². The van der Waals surface area contributed by atoms with Gasteiger partial charge >= 0.3 is 6.61 Å². The standard InChI is InChI=1S/C8H4Br2F2O2/c9-5-1-4(3-13)2-6(7(5)10)14-8(11)12/h1-3,8H. The molecule has 2 nitrogen and oxygen atoms in total. The van der Waals surface area contributed by atoms with Crippen LogP contribution in [0.4, 0.5) is 8.78 Å². The lowest BCUT2D eigenvalue weighted by Crippen LogP contribution is -2.03. The molecular weight excluding hydrogens is 326 g/mol. The highest BCUT2D eigenvalue weighted by molar-refractivity contribution is 9.13. The summed E-state index contributed by atoms with van der Waals surface area (Å²) in [4.78, 5) is 10.4. The van der Waals surface area contributed by atoms with E-state index in [0.29, 0.717) is 15.2 Å². The molecule has 0 aliphatic carbocycles. The van der Waals surface area contributed by atoms with Crippen LogP contribution in [0, 0.1) is 0 Å². The fourth-order valence-electron chi connectivity index (χ4n) is 0.834. The van der Waals surface area contributed by atoms with Crippen LogP contribution in [0.5, 0.6) is 5.75 Å². The Hall–Kier alpha value is -0.490. The highest BCUT2D eigenvalue weighted by Crippen LogP contribution is 2.34. The van der Waals surface area contributed by atoms with Crippen LogP contribution >= 0.6 is 31.9 Å². The van der Waals surface area contributed by atoms with Crippen molar-refractivity contribution in [3.63, 3.8) is 0 Å². The van der Waals surface area contributed by atoms with Gasteiger partial charge < -0.3 is 4.74 Å². The normalized spacial score (nSPS) is 10.4. The lowest BCUT2D eigenvalue weighted by Gasteiger charge is -2.08. The molecule has 0 N–H and O–H groups in total. The number of alkyl halides is 2. The van der Waals surface area contributed by atoms with E-state index < -0.39 is 6.61 Å². The first-order chi connectivity index (χ1) is 6.54. The zero-order chi connectivity index (χ0) is 10.7. The lowest BCUT2D eigenvalue weighted by molar-refractivity contribution is -0.0504. The molecular formula is C8H4Br2F2O2. The number of benzene rings is 1. The molecule has 1 aromatic carbocycles. The molecule has 0 spiro atoms. The molecule has 0 saturated heterocycles. The Balaban J connectivity index is 3.13. The summed E-state index contributed by atoms with van der Waals surface area (Å²) in [5, 5.41) is 0. The quantitative estimate of drug-likeness (QED) is 0.792. The lowest BCUT2D eigenvalue weighted by atomic mass is 10.2. The number of carbonyl (C=O) groups excluding carboxylic acids is 1. The van der Waals surface area contributed by atoms with Crippen molar-refractivity contribution in [3.8, 4) is 5.75 Å². The Morgan fingerprint density at radius 1 is 1.36 bits per heavy atom. The summed E-state index contributed by atoms with van der Waals surface area (Å²) in [6, 6.07) is 2.73. The summed E-state index contributed by atoms with van der Waals surface area (Å²) >= 11 is 6.15. The van der Waals surface area contributed by atoms with Gasteiger partial charge in [0.15, 0.2) is 0 Å². The maximum atomic E-state index is 11.9. The largest absolute Gasteiger partial charge is 0.434 e. The van der Waals surface area contributed by atoms with Crippen LogP contribution in [0.15, 0.2) is 21.1 Å². The zero-order valence-electron chi connectivity index (χ0n) is 6.64. The van der Waals surface area contributed by atoms with Gasteiger partial charge in [0.1, 0.15) is 12.0 Å². The summed E-state index contributed by atoms with van der Waals surface area (Å²) in [7, 11) is 0. The number of hydrogen-bond donors (Lipinski definition) is 0. The zero-order valence-corrected chi connectivity index (χ0v) is 9.81. The van der Waals surface area contributed by atoms with E-state index in [1.54, 1.807) is 0 Å². The Morgan fingerprint density at radius 2 is 2.00 bits per heavy atom. The van der Waals surface area contributed by atoms with E-state index in [2.05, 4.69) is 36.6 Å². The van der Waals surface area contributed by atoms with Gasteiger partial charge in [0, 0.05) is 10.0 Å². The maximum absolute atomic E-state index is 11.9. The predicted octanol–water partition coefficient (Wildman–Crippen LogP) is 3.63.